The van der Waals surface area contributed by atoms with Crippen LogP contribution in [0.2, 0.25) is 0 Å². The number of carbonyl (C=O) groups excluding carboxylic acids is 1. The number of rotatable bonds is 4. The van der Waals surface area contributed by atoms with Gasteiger partial charge in [0.05, 0.1) is 6.54 Å². The molecule has 0 saturated carbocycles. The molecule has 1 saturated heterocycles. The fourth-order valence-electron chi connectivity index (χ4n) is 3.05. The maximum absolute atomic E-state index is 12.3. The van der Waals surface area contributed by atoms with Gasteiger partial charge in [0.25, 0.3) is 0 Å². The SMILES string of the molecule is Cc1cccc(CN2C(=O)CNC[C@@H]2Cc2ccccc2)c1. The molecule has 0 radical (unpaired) electrons. The van der Waals surface area contributed by atoms with E-state index in [2.05, 4.69) is 60.8 Å². The molecule has 0 aromatic heterocycles. The lowest BCUT2D eigenvalue weighted by Gasteiger charge is -2.36. The lowest BCUT2D eigenvalue weighted by molar-refractivity contribution is -0.135. The Morgan fingerprint density at radius 1 is 1.09 bits per heavy atom. The Labute approximate surface area is 132 Å². The first-order valence-corrected chi connectivity index (χ1v) is 7.82. The highest BCUT2D eigenvalue weighted by Gasteiger charge is 2.27. The summed E-state index contributed by atoms with van der Waals surface area (Å²) in [5.41, 5.74) is 3.71. The lowest BCUT2D eigenvalue weighted by Crippen LogP contribution is -2.55. The lowest BCUT2D eigenvalue weighted by atomic mass is 10.0. The van der Waals surface area contributed by atoms with E-state index in [0.29, 0.717) is 13.1 Å². The monoisotopic (exact) mass is 294 g/mol. The molecule has 1 N–H and O–H groups in total. The molecule has 3 heteroatoms. The molecule has 0 unspecified atom stereocenters. The highest BCUT2D eigenvalue weighted by Crippen LogP contribution is 2.16. The third-order valence-electron chi connectivity index (χ3n) is 4.17. The van der Waals surface area contributed by atoms with Gasteiger partial charge < -0.3 is 10.2 Å². The zero-order chi connectivity index (χ0) is 15.4. The van der Waals surface area contributed by atoms with Crippen LogP contribution in [0.25, 0.3) is 0 Å². The van der Waals surface area contributed by atoms with Gasteiger partial charge in [-0.05, 0) is 24.5 Å². The summed E-state index contributed by atoms with van der Waals surface area (Å²) in [5, 5.41) is 3.24. The normalized spacial score (nSPS) is 18.5. The summed E-state index contributed by atoms with van der Waals surface area (Å²) in [6, 6.07) is 19.0. The number of aryl methyl sites for hydroxylation is 1. The summed E-state index contributed by atoms with van der Waals surface area (Å²) in [5.74, 6) is 0.189. The second-order valence-corrected chi connectivity index (χ2v) is 5.99. The maximum Gasteiger partial charge on any atom is 0.237 e. The number of carbonyl (C=O) groups is 1. The van der Waals surface area contributed by atoms with Crippen LogP contribution in [0.3, 0.4) is 0 Å². The zero-order valence-corrected chi connectivity index (χ0v) is 13.0. The van der Waals surface area contributed by atoms with Crippen molar-refractivity contribution in [1.82, 2.24) is 10.2 Å². The molecule has 1 amide bonds. The molecule has 1 atom stereocenters. The van der Waals surface area contributed by atoms with Gasteiger partial charge in [0.2, 0.25) is 5.91 Å². The summed E-state index contributed by atoms with van der Waals surface area (Å²) in [6.45, 7) is 4.08. The van der Waals surface area contributed by atoms with E-state index in [1.54, 1.807) is 0 Å². The minimum atomic E-state index is 0.189. The Kier molecular flexibility index (Phi) is 4.54. The quantitative estimate of drug-likeness (QED) is 0.940. The van der Waals surface area contributed by atoms with E-state index in [1.165, 1.54) is 16.7 Å². The summed E-state index contributed by atoms with van der Waals surface area (Å²) >= 11 is 0. The summed E-state index contributed by atoms with van der Waals surface area (Å²) in [6.07, 6.45) is 0.894. The van der Waals surface area contributed by atoms with Crippen molar-refractivity contribution >= 4 is 5.91 Å². The van der Waals surface area contributed by atoms with E-state index in [4.69, 9.17) is 0 Å². The minimum Gasteiger partial charge on any atom is -0.333 e. The number of hydrogen-bond acceptors (Lipinski definition) is 2. The number of nitrogens with zero attached hydrogens (tertiary/aromatic N) is 1. The summed E-state index contributed by atoms with van der Waals surface area (Å²) in [7, 11) is 0. The number of benzene rings is 2. The average Bonchev–Trinajstić information content (AvgIpc) is 2.52. The molecule has 2 aromatic rings. The predicted molar refractivity (Wildman–Crippen MR) is 88.5 cm³/mol. The van der Waals surface area contributed by atoms with Crippen molar-refractivity contribution in [3.63, 3.8) is 0 Å². The molecular formula is C19H22N2O. The summed E-state index contributed by atoms with van der Waals surface area (Å²) < 4.78 is 0. The number of nitrogens with one attached hydrogen (secondary N) is 1. The average molecular weight is 294 g/mol. The smallest absolute Gasteiger partial charge is 0.237 e. The molecule has 3 rings (SSSR count). The number of piperazine rings is 1. The number of amides is 1. The van der Waals surface area contributed by atoms with Crippen LogP contribution in [0.4, 0.5) is 0 Å². The van der Waals surface area contributed by atoms with Crippen molar-refractivity contribution in [2.45, 2.75) is 25.9 Å². The first kappa shape index (κ1) is 14.8. The molecular weight excluding hydrogens is 272 g/mol. The van der Waals surface area contributed by atoms with E-state index in [-0.39, 0.29) is 11.9 Å². The van der Waals surface area contributed by atoms with Crippen LogP contribution >= 0.6 is 0 Å². The van der Waals surface area contributed by atoms with E-state index in [1.807, 2.05) is 11.0 Å². The van der Waals surface area contributed by atoms with Crippen LogP contribution < -0.4 is 5.32 Å². The van der Waals surface area contributed by atoms with Gasteiger partial charge in [-0.3, -0.25) is 4.79 Å². The van der Waals surface area contributed by atoms with E-state index >= 15 is 0 Å². The van der Waals surface area contributed by atoms with Crippen LogP contribution in [0, 0.1) is 6.92 Å². The van der Waals surface area contributed by atoms with Gasteiger partial charge in [-0.1, -0.05) is 60.2 Å². The molecule has 1 fully saturated rings. The zero-order valence-electron chi connectivity index (χ0n) is 13.0. The van der Waals surface area contributed by atoms with Gasteiger partial charge in [-0.15, -0.1) is 0 Å². The Morgan fingerprint density at radius 3 is 2.64 bits per heavy atom. The van der Waals surface area contributed by atoms with E-state index in [0.717, 1.165) is 13.0 Å². The Bertz CT molecular complexity index is 639. The highest BCUT2D eigenvalue weighted by molar-refractivity contribution is 5.79. The molecule has 1 aliphatic rings. The molecule has 114 valence electrons. The fraction of sp³-hybridized carbons (Fsp3) is 0.316. The van der Waals surface area contributed by atoms with Crippen LogP contribution in [0.5, 0.6) is 0 Å². The third kappa shape index (κ3) is 3.55. The van der Waals surface area contributed by atoms with Gasteiger partial charge in [0.15, 0.2) is 0 Å². The fourth-order valence-corrected chi connectivity index (χ4v) is 3.05. The predicted octanol–water partition coefficient (Wildman–Crippen LogP) is 2.54. The number of hydrogen-bond donors (Lipinski definition) is 1. The Morgan fingerprint density at radius 2 is 1.86 bits per heavy atom. The van der Waals surface area contributed by atoms with Gasteiger partial charge in [-0.2, -0.15) is 0 Å². The first-order chi connectivity index (χ1) is 10.7. The van der Waals surface area contributed by atoms with Crippen molar-refractivity contribution in [3.05, 3.63) is 71.3 Å². The van der Waals surface area contributed by atoms with Crippen molar-refractivity contribution < 1.29 is 4.79 Å². The topological polar surface area (TPSA) is 32.3 Å². The van der Waals surface area contributed by atoms with E-state index in [9.17, 15) is 4.79 Å². The second-order valence-electron chi connectivity index (χ2n) is 5.99. The highest BCUT2D eigenvalue weighted by atomic mass is 16.2. The van der Waals surface area contributed by atoms with Crippen LogP contribution in [0.1, 0.15) is 16.7 Å². The molecule has 1 heterocycles. The van der Waals surface area contributed by atoms with Gasteiger partial charge in [0.1, 0.15) is 0 Å². The van der Waals surface area contributed by atoms with Crippen molar-refractivity contribution in [2.24, 2.45) is 0 Å². The van der Waals surface area contributed by atoms with Crippen molar-refractivity contribution in [2.75, 3.05) is 13.1 Å². The standard InChI is InChI=1S/C19H22N2O/c1-15-6-5-9-17(10-15)14-21-18(12-20-13-19(21)22)11-16-7-3-2-4-8-16/h2-10,18,20H,11-14H2,1H3/t18-/m0/s1. The Hall–Kier alpha value is -2.13. The molecule has 2 aromatic carbocycles. The van der Waals surface area contributed by atoms with Gasteiger partial charge >= 0.3 is 0 Å². The van der Waals surface area contributed by atoms with Crippen LogP contribution in [0.15, 0.2) is 54.6 Å². The van der Waals surface area contributed by atoms with Crippen molar-refractivity contribution in [3.8, 4) is 0 Å². The second kappa shape index (κ2) is 6.75. The van der Waals surface area contributed by atoms with E-state index < -0.39 is 0 Å². The molecule has 0 aliphatic carbocycles. The Balaban J connectivity index is 1.76. The van der Waals surface area contributed by atoms with Gasteiger partial charge in [-0.25, -0.2) is 0 Å². The minimum absolute atomic E-state index is 0.189. The molecule has 1 aliphatic heterocycles. The largest absolute Gasteiger partial charge is 0.333 e. The van der Waals surface area contributed by atoms with Crippen LogP contribution in [-0.4, -0.2) is 29.9 Å². The molecule has 22 heavy (non-hydrogen) atoms. The summed E-state index contributed by atoms with van der Waals surface area (Å²) in [4.78, 5) is 14.4. The molecule has 3 nitrogen and oxygen atoms in total. The third-order valence-corrected chi connectivity index (χ3v) is 4.17. The van der Waals surface area contributed by atoms with Crippen LogP contribution in [-0.2, 0) is 17.8 Å². The van der Waals surface area contributed by atoms with Gasteiger partial charge in [0, 0.05) is 19.1 Å². The molecule has 0 spiro atoms. The van der Waals surface area contributed by atoms with Crippen molar-refractivity contribution in [1.29, 1.82) is 0 Å². The maximum atomic E-state index is 12.3. The first-order valence-electron chi connectivity index (χ1n) is 7.82. The molecule has 0 bridgehead atoms.